The van der Waals surface area contributed by atoms with E-state index in [4.69, 9.17) is 4.74 Å². The van der Waals surface area contributed by atoms with Crippen molar-refractivity contribution in [3.8, 4) is 17.0 Å². The number of halogens is 1. The number of anilines is 1. The molecule has 0 aliphatic heterocycles. The molecule has 0 amide bonds. The van der Waals surface area contributed by atoms with E-state index in [1.54, 1.807) is 24.3 Å². The smallest absolute Gasteiger partial charge is 0.262 e. The number of fused-ring (bicyclic) bond motifs is 1. The lowest BCUT2D eigenvalue weighted by Crippen LogP contribution is -2.13. The monoisotopic (exact) mass is 471 g/mol. The molecule has 2 aromatic carbocycles. The number of nitrogens with one attached hydrogen (secondary N) is 1. The van der Waals surface area contributed by atoms with Gasteiger partial charge in [0.25, 0.3) is 10.0 Å². The Balaban J connectivity index is 1.74. The van der Waals surface area contributed by atoms with Crippen LogP contribution >= 0.6 is 15.9 Å². The van der Waals surface area contributed by atoms with Gasteiger partial charge in [-0.3, -0.25) is 4.72 Å². The van der Waals surface area contributed by atoms with Crippen molar-refractivity contribution in [2.75, 3.05) is 11.8 Å². The second-order valence-corrected chi connectivity index (χ2v) is 9.17. The van der Waals surface area contributed by atoms with Crippen molar-refractivity contribution in [2.24, 2.45) is 0 Å². The van der Waals surface area contributed by atoms with Crippen LogP contribution in [0.25, 0.3) is 16.9 Å². The van der Waals surface area contributed by atoms with Crippen LogP contribution in [0.3, 0.4) is 0 Å². The summed E-state index contributed by atoms with van der Waals surface area (Å²) in [5.74, 6) is 0.425. The SMILES string of the molecule is COc1ccc(-c2cn3ccc(C)cc3n2)cc1NS(=O)(=O)c1ccc(Br)cc1. The molecule has 0 saturated heterocycles. The molecule has 0 fully saturated rings. The van der Waals surface area contributed by atoms with Gasteiger partial charge in [-0.2, -0.15) is 0 Å². The summed E-state index contributed by atoms with van der Waals surface area (Å²) in [7, 11) is -2.27. The number of methoxy groups -OCH3 is 1. The summed E-state index contributed by atoms with van der Waals surface area (Å²) < 4.78 is 36.3. The maximum absolute atomic E-state index is 12.8. The number of aromatic nitrogens is 2. The Labute approximate surface area is 177 Å². The zero-order chi connectivity index (χ0) is 20.6. The fourth-order valence-corrected chi connectivity index (χ4v) is 4.31. The van der Waals surface area contributed by atoms with Crippen molar-refractivity contribution in [1.29, 1.82) is 0 Å². The number of aryl methyl sites for hydroxylation is 1. The molecule has 2 heterocycles. The second kappa shape index (κ2) is 7.53. The Hall–Kier alpha value is -2.84. The molecule has 8 heteroatoms. The Morgan fingerprint density at radius 2 is 1.83 bits per heavy atom. The molecule has 1 N–H and O–H groups in total. The Morgan fingerprint density at radius 1 is 1.07 bits per heavy atom. The predicted molar refractivity (Wildman–Crippen MR) is 117 cm³/mol. The van der Waals surface area contributed by atoms with E-state index in [2.05, 4.69) is 25.6 Å². The molecule has 0 unspecified atom stereocenters. The van der Waals surface area contributed by atoms with Crippen molar-refractivity contribution >= 4 is 37.3 Å². The van der Waals surface area contributed by atoms with Crippen LogP contribution in [0.5, 0.6) is 5.75 Å². The summed E-state index contributed by atoms with van der Waals surface area (Å²) in [4.78, 5) is 4.81. The zero-order valence-corrected chi connectivity index (χ0v) is 18.2. The lowest BCUT2D eigenvalue weighted by Gasteiger charge is -2.13. The first-order chi connectivity index (χ1) is 13.9. The number of rotatable bonds is 5. The highest BCUT2D eigenvalue weighted by Gasteiger charge is 2.18. The molecule has 2 aromatic heterocycles. The third-order valence-electron chi connectivity index (χ3n) is 4.48. The minimum Gasteiger partial charge on any atom is -0.495 e. The molecule has 0 atom stereocenters. The van der Waals surface area contributed by atoms with Crippen LogP contribution in [0.1, 0.15) is 5.56 Å². The first-order valence-corrected chi connectivity index (χ1v) is 11.1. The van der Waals surface area contributed by atoms with Crippen molar-refractivity contribution in [1.82, 2.24) is 9.38 Å². The largest absolute Gasteiger partial charge is 0.495 e. The summed E-state index contributed by atoms with van der Waals surface area (Å²) in [5.41, 5.74) is 3.81. The molecule has 0 aliphatic carbocycles. The highest BCUT2D eigenvalue weighted by molar-refractivity contribution is 9.10. The quantitative estimate of drug-likeness (QED) is 0.450. The van der Waals surface area contributed by atoms with Gasteiger partial charge in [0.1, 0.15) is 11.4 Å². The fraction of sp³-hybridized carbons (Fsp3) is 0.0952. The van der Waals surface area contributed by atoms with Crippen LogP contribution in [-0.2, 0) is 10.0 Å². The van der Waals surface area contributed by atoms with Gasteiger partial charge in [0.05, 0.1) is 23.4 Å². The van der Waals surface area contributed by atoms with Gasteiger partial charge in [-0.05, 0) is 67.1 Å². The average molecular weight is 472 g/mol. The molecule has 4 aromatic rings. The van der Waals surface area contributed by atoms with E-state index in [0.717, 1.165) is 26.9 Å². The predicted octanol–water partition coefficient (Wildman–Crippen LogP) is 4.88. The third kappa shape index (κ3) is 3.99. The average Bonchev–Trinajstić information content (AvgIpc) is 3.11. The normalized spacial score (nSPS) is 11.6. The Morgan fingerprint density at radius 3 is 2.55 bits per heavy atom. The van der Waals surface area contributed by atoms with Crippen molar-refractivity contribution < 1.29 is 13.2 Å². The van der Waals surface area contributed by atoms with Crippen LogP contribution in [-0.4, -0.2) is 24.9 Å². The van der Waals surface area contributed by atoms with Gasteiger partial charge >= 0.3 is 0 Å². The van der Waals surface area contributed by atoms with Crippen LogP contribution < -0.4 is 9.46 Å². The van der Waals surface area contributed by atoms with Crippen LogP contribution in [0.15, 0.2) is 76.4 Å². The van der Waals surface area contributed by atoms with Crippen molar-refractivity contribution in [2.45, 2.75) is 11.8 Å². The van der Waals surface area contributed by atoms with E-state index >= 15 is 0 Å². The summed E-state index contributed by atoms with van der Waals surface area (Å²) >= 11 is 3.31. The van der Waals surface area contributed by atoms with E-state index in [0.29, 0.717) is 11.4 Å². The molecule has 0 aliphatic rings. The molecule has 0 spiro atoms. The molecule has 0 saturated carbocycles. The van der Waals surface area contributed by atoms with Gasteiger partial charge in [-0.25, -0.2) is 13.4 Å². The van der Waals surface area contributed by atoms with Gasteiger partial charge in [0.2, 0.25) is 0 Å². The minimum absolute atomic E-state index is 0.163. The molecule has 29 heavy (non-hydrogen) atoms. The highest BCUT2D eigenvalue weighted by Crippen LogP contribution is 2.32. The fourth-order valence-electron chi connectivity index (χ4n) is 2.99. The van der Waals surface area contributed by atoms with Crippen LogP contribution in [0.4, 0.5) is 5.69 Å². The molecule has 4 rings (SSSR count). The van der Waals surface area contributed by atoms with Crippen LogP contribution in [0.2, 0.25) is 0 Å². The molecule has 148 valence electrons. The third-order valence-corrected chi connectivity index (χ3v) is 6.39. The molecule has 0 bridgehead atoms. The lowest BCUT2D eigenvalue weighted by molar-refractivity contribution is 0.417. The number of benzene rings is 2. The molecular formula is C21H18BrN3O3S. The van der Waals surface area contributed by atoms with E-state index in [9.17, 15) is 8.42 Å². The first kappa shape index (κ1) is 19.5. The van der Waals surface area contributed by atoms with Gasteiger partial charge in [0, 0.05) is 22.4 Å². The standard InChI is InChI=1S/C21H18BrN3O3S/c1-14-9-10-25-13-19(23-21(25)11-14)15-3-8-20(28-2)18(12-15)24-29(26,27)17-6-4-16(22)5-7-17/h3-13,24H,1-2H3. The number of nitrogens with zero attached hydrogens (tertiary/aromatic N) is 2. The van der Waals surface area contributed by atoms with E-state index in [1.807, 2.05) is 41.9 Å². The Bertz CT molecular complexity index is 1300. The van der Waals surface area contributed by atoms with Gasteiger partial charge < -0.3 is 9.14 Å². The summed E-state index contributed by atoms with van der Waals surface area (Å²) in [6, 6.07) is 15.7. The number of imidazole rings is 1. The van der Waals surface area contributed by atoms with E-state index in [-0.39, 0.29) is 4.90 Å². The number of hydrogen-bond acceptors (Lipinski definition) is 4. The number of pyridine rings is 1. The topological polar surface area (TPSA) is 72.7 Å². The maximum atomic E-state index is 12.8. The minimum atomic E-state index is -3.77. The first-order valence-electron chi connectivity index (χ1n) is 8.78. The number of hydrogen-bond donors (Lipinski definition) is 1. The Kier molecular flexibility index (Phi) is 5.06. The van der Waals surface area contributed by atoms with E-state index < -0.39 is 10.0 Å². The second-order valence-electron chi connectivity index (χ2n) is 6.57. The van der Waals surface area contributed by atoms with E-state index in [1.165, 1.54) is 19.2 Å². The summed E-state index contributed by atoms with van der Waals surface area (Å²) in [5, 5.41) is 0. The molecule has 0 radical (unpaired) electrons. The van der Waals surface area contributed by atoms with Gasteiger partial charge in [-0.1, -0.05) is 15.9 Å². The zero-order valence-electron chi connectivity index (χ0n) is 15.8. The molecule has 6 nitrogen and oxygen atoms in total. The van der Waals surface area contributed by atoms with Crippen molar-refractivity contribution in [3.05, 3.63) is 77.0 Å². The van der Waals surface area contributed by atoms with Crippen molar-refractivity contribution in [3.63, 3.8) is 0 Å². The number of sulfonamides is 1. The maximum Gasteiger partial charge on any atom is 0.262 e. The summed E-state index contributed by atoms with van der Waals surface area (Å²) in [6.07, 6.45) is 3.85. The van der Waals surface area contributed by atoms with Gasteiger partial charge in [0.15, 0.2) is 0 Å². The highest BCUT2D eigenvalue weighted by atomic mass is 79.9. The summed E-state index contributed by atoms with van der Waals surface area (Å²) in [6.45, 7) is 2.01. The van der Waals surface area contributed by atoms with Gasteiger partial charge in [-0.15, -0.1) is 0 Å². The number of ether oxygens (including phenoxy) is 1. The lowest BCUT2D eigenvalue weighted by atomic mass is 10.1. The van der Waals surface area contributed by atoms with Crippen LogP contribution in [0, 0.1) is 6.92 Å². The molecular weight excluding hydrogens is 454 g/mol.